The number of carbonyl (C=O) groups is 1. The van der Waals surface area contributed by atoms with E-state index in [1.165, 1.54) is 0 Å². The smallest absolute Gasteiger partial charge is 0.234 e. The molecule has 1 saturated heterocycles. The molecule has 0 saturated carbocycles. The van der Waals surface area contributed by atoms with Crippen LogP contribution in [0, 0.1) is 0 Å². The lowest BCUT2D eigenvalue weighted by Gasteiger charge is -2.31. The molecule has 1 aliphatic rings. The second-order valence-corrected chi connectivity index (χ2v) is 5.76. The Labute approximate surface area is 125 Å². The summed E-state index contributed by atoms with van der Waals surface area (Å²) in [5, 5.41) is 7.08. The minimum Gasteiger partial charge on any atom is -0.355 e. The number of carbonyl (C=O) groups excluding carboxylic acids is 1. The molecular formula is C15H22ClN3O. The summed E-state index contributed by atoms with van der Waals surface area (Å²) in [4.78, 5) is 14.1. The maximum atomic E-state index is 11.9. The van der Waals surface area contributed by atoms with Crippen molar-refractivity contribution >= 4 is 17.5 Å². The molecule has 1 fully saturated rings. The monoisotopic (exact) mass is 295 g/mol. The van der Waals surface area contributed by atoms with Gasteiger partial charge in [-0.1, -0.05) is 23.7 Å². The number of nitrogens with zero attached hydrogens (tertiary/aromatic N) is 1. The van der Waals surface area contributed by atoms with Crippen molar-refractivity contribution in [3.63, 3.8) is 0 Å². The van der Waals surface area contributed by atoms with E-state index in [4.69, 9.17) is 11.6 Å². The van der Waals surface area contributed by atoms with E-state index >= 15 is 0 Å². The Hall–Kier alpha value is -1.10. The van der Waals surface area contributed by atoms with Crippen molar-refractivity contribution in [3.05, 3.63) is 34.9 Å². The minimum absolute atomic E-state index is 0.0983. The van der Waals surface area contributed by atoms with Gasteiger partial charge in [-0.15, -0.1) is 0 Å². The van der Waals surface area contributed by atoms with Crippen LogP contribution in [-0.2, 0) is 11.2 Å². The summed E-state index contributed by atoms with van der Waals surface area (Å²) in [5.74, 6) is 0.0983. The fraction of sp³-hybridized carbons (Fsp3) is 0.533. The highest BCUT2D eigenvalue weighted by molar-refractivity contribution is 6.30. The SMILES string of the molecule is CC1CN(CC(=O)NCCc2cccc(Cl)c2)CCN1. The third kappa shape index (κ3) is 5.12. The maximum Gasteiger partial charge on any atom is 0.234 e. The zero-order valence-electron chi connectivity index (χ0n) is 11.9. The number of nitrogens with one attached hydrogen (secondary N) is 2. The third-order valence-corrected chi connectivity index (χ3v) is 3.68. The summed E-state index contributed by atoms with van der Waals surface area (Å²) >= 11 is 5.93. The zero-order valence-corrected chi connectivity index (χ0v) is 12.6. The van der Waals surface area contributed by atoms with Crippen molar-refractivity contribution in [1.82, 2.24) is 15.5 Å². The molecule has 4 nitrogen and oxygen atoms in total. The molecule has 0 aliphatic carbocycles. The number of hydrogen-bond donors (Lipinski definition) is 2. The normalized spacial score (nSPS) is 19.8. The highest BCUT2D eigenvalue weighted by Crippen LogP contribution is 2.10. The van der Waals surface area contributed by atoms with Crippen LogP contribution in [-0.4, -0.2) is 49.6 Å². The molecule has 1 heterocycles. The first-order valence-corrected chi connectivity index (χ1v) is 7.48. The van der Waals surface area contributed by atoms with E-state index in [0.717, 1.165) is 36.6 Å². The van der Waals surface area contributed by atoms with Crippen LogP contribution in [0.5, 0.6) is 0 Å². The Morgan fingerprint density at radius 2 is 2.40 bits per heavy atom. The second-order valence-electron chi connectivity index (χ2n) is 5.32. The van der Waals surface area contributed by atoms with Gasteiger partial charge < -0.3 is 10.6 Å². The van der Waals surface area contributed by atoms with Crippen molar-refractivity contribution in [2.75, 3.05) is 32.7 Å². The molecule has 0 radical (unpaired) electrons. The quantitative estimate of drug-likeness (QED) is 0.860. The Morgan fingerprint density at radius 3 is 3.15 bits per heavy atom. The van der Waals surface area contributed by atoms with E-state index in [1.807, 2.05) is 24.3 Å². The Balaban J connectivity index is 1.67. The fourth-order valence-corrected chi connectivity index (χ4v) is 2.67. The third-order valence-electron chi connectivity index (χ3n) is 3.44. The predicted octanol–water partition coefficient (Wildman–Crippen LogP) is 1.29. The molecule has 20 heavy (non-hydrogen) atoms. The van der Waals surface area contributed by atoms with Crippen LogP contribution in [0.25, 0.3) is 0 Å². The van der Waals surface area contributed by atoms with E-state index in [0.29, 0.717) is 19.1 Å². The molecule has 1 aromatic carbocycles. The molecule has 1 amide bonds. The van der Waals surface area contributed by atoms with Gasteiger partial charge in [0.2, 0.25) is 5.91 Å². The first kappa shape index (κ1) is 15.3. The maximum absolute atomic E-state index is 11.9. The van der Waals surface area contributed by atoms with E-state index in [-0.39, 0.29) is 5.91 Å². The Bertz CT molecular complexity index is 452. The topological polar surface area (TPSA) is 44.4 Å². The van der Waals surface area contributed by atoms with E-state index in [9.17, 15) is 4.79 Å². The molecule has 5 heteroatoms. The molecule has 0 spiro atoms. The fourth-order valence-electron chi connectivity index (χ4n) is 2.45. The van der Waals surface area contributed by atoms with E-state index in [2.05, 4.69) is 22.5 Å². The molecule has 1 aromatic rings. The van der Waals surface area contributed by atoms with Crippen molar-refractivity contribution in [2.45, 2.75) is 19.4 Å². The van der Waals surface area contributed by atoms with Gasteiger partial charge in [0.15, 0.2) is 0 Å². The number of halogens is 1. The molecule has 0 bridgehead atoms. The standard InChI is InChI=1S/C15H22ClN3O/c1-12-10-19(8-7-17-12)11-15(20)18-6-5-13-3-2-4-14(16)9-13/h2-4,9,12,17H,5-8,10-11H2,1H3,(H,18,20). The lowest BCUT2D eigenvalue weighted by atomic mass is 10.1. The number of rotatable bonds is 5. The molecule has 1 atom stereocenters. The second kappa shape index (κ2) is 7.62. The van der Waals surface area contributed by atoms with Crippen LogP contribution < -0.4 is 10.6 Å². The van der Waals surface area contributed by atoms with Crippen LogP contribution >= 0.6 is 11.6 Å². The summed E-state index contributed by atoms with van der Waals surface area (Å²) in [6.45, 7) is 6.11. The average Bonchev–Trinajstić information content (AvgIpc) is 2.38. The zero-order chi connectivity index (χ0) is 14.4. The van der Waals surface area contributed by atoms with Gasteiger partial charge in [-0.05, 0) is 31.0 Å². The summed E-state index contributed by atoms with van der Waals surface area (Å²) in [7, 11) is 0. The lowest BCUT2D eigenvalue weighted by molar-refractivity contribution is -0.122. The Morgan fingerprint density at radius 1 is 1.55 bits per heavy atom. The summed E-state index contributed by atoms with van der Waals surface area (Å²) in [6.07, 6.45) is 0.810. The number of amides is 1. The number of benzene rings is 1. The summed E-state index contributed by atoms with van der Waals surface area (Å²) < 4.78 is 0. The first-order chi connectivity index (χ1) is 9.63. The van der Waals surface area contributed by atoms with Crippen LogP contribution in [0.4, 0.5) is 0 Å². The van der Waals surface area contributed by atoms with Gasteiger partial charge in [0, 0.05) is 37.2 Å². The number of piperazine rings is 1. The van der Waals surface area contributed by atoms with Gasteiger partial charge in [0.05, 0.1) is 6.54 Å². The Kier molecular flexibility index (Phi) is 5.83. The number of hydrogen-bond acceptors (Lipinski definition) is 3. The molecular weight excluding hydrogens is 274 g/mol. The van der Waals surface area contributed by atoms with Gasteiger partial charge in [0.1, 0.15) is 0 Å². The van der Waals surface area contributed by atoms with Gasteiger partial charge in [0.25, 0.3) is 0 Å². The van der Waals surface area contributed by atoms with Crippen LogP contribution in [0.3, 0.4) is 0 Å². The molecule has 1 aliphatic heterocycles. The summed E-state index contributed by atoms with van der Waals surface area (Å²) in [5.41, 5.74) is 1.15. The molecule has 110 valence electrons. The molecule has 2 N–H and O–H groups in total. The first-order valence-electron chi connectivity index (χ1n) is 7.10. The van der Waals surface area contributed by atoms with Crippen molar-refractivity contribution < 1.29 is 4.79 Å². The minimum atomic E-state index is 0.0983. The van der Waals surface area contributed by atoms with Gasteiger partial charge in [-0.25, -0.2) is 0 Å². The average molecular weight is 296 g/mol. The van der Waals surface area contributed by atoms with Gasteiger partial charge in [-0.3, -0.25) is 9.69 Å². The van der Waals surface area contributed by atoms with Crippen LogP contribution in [0.15, 0.2) is 24.3 Å². The lowest BCUT2D eigenvalue weighted by Crippen LogP contribution is -2.51. The van der Waals surface area contributed by atoms with Gasteiger partial charge >= 0.3 is 0 Å². The van der Waals surface area contributed by atoms with E-state index < -0.39 is 0 Å². The van der Waals surface area contributed by atoms with Crippen LogP contribution in [0.1, 0.15) is 12.5 Å². The molecule has 2 rings (SSSR count). The van der Waals surface area contributed by atoms with Gasteiger partial charge in [-0.2, -0.15) is 0 Å². The molecule has 1 unspecified atom stereocenters. The largest absolute Gasteiger partial charge is 0.355 e. The van der Waals surface area contributed by atoms with Crippen molar-refractivity contribution in [1.29, 1.82) is 0 Å². The van der Waals surface area contributed by atoms with E-state index in [1.54, 1.807) is 0 Å². The van der Waals surface area contributed by atoms with Crippen molar-refractivity contribution in [3.8, 4) is 0 Å². The highest BCUT2D eigenvalue weighted by Gasteiger charge is 2.17. The summed E-state index contributed by atoms with van der Waals surface area (Å²) in [6, 6.07) is 8.21. The van der Waals surface area contributed by atoms with Crippen molar-refractivity contribution in [2.24, 2.45) is 0 Å². The highest BCUT2D eigenvalue weighted by atomic mass is 35.5. The predicted molar refractivity (Wildman–Crippen MR) is 82.1 cm³/mol. The van der Waals surface area contributed by atoms with Crippen LogP contribution in [0.2, 0.25) is 5.02 Å². The molecule has 0 aromatic heterocycles.